The summed E-state index contributed by atoms with van der Waals surface area (Å²) in [6.07, 6.45) is 0. The number of hydrogen-bond acceptors (Lipinski definition) is 3. The molecule has 0 fully saturated rings. The van der Waals surface area contributed by atoms with E-state index in [4.69, 9.17) is 5.11 Å². The smallest absolute Gasteiger partial charge is 0.125 e. The Balaban J connectivity index is 2.80. The lowest BCUT2D eigenvalue weighted by atomic mass is 10.1. The first-order valence-corrected chi connectivity index (χ1v) is 4.99. The van der Waals surface area contributed by atoms with Gasteiger partial charge < -0.3 is 5.11 Å². The van der Waals surface area contributed by atoms with Crippen molar-refractivity contribution in [2.24, 2.45) is 0 Å². The predicted molar refractivity (Wildman–Crippen MR) is 55.0 cm³/mol. The van der Waals surface area contributed by atoms with Gasteiger partial charge in [-0.15, -0.1) is 24.0 Å². The molecule has 2 rings (SSSR count). The van der Waals surface area contributed by atoms with Crippen LogP contribution in [-0.4, -0.2) is 5.11 Å². The fraction of sp³-hybridized carbons (Fsp3) is 0.111. The molecule has 0 amide bonds. The van der Waals surface area contributed by atoms with E-state index in [9.17, 15) is 4.39 Å². The molecule has 68 valence electrons. The zero-order valence-electron chi connectivity index (χ0n) is 6.62. The molecule has 13 heavy (non-hydrogen) atoms. The molecule has 2 aromatic rings. The van der Waals surface area contributed by atoms with E-state index < -0.39 is 0 Å². The number of thiol groups is 1. The van der Waals surface area contributed by atoms with Crippen molar-refractivity contribution in [1.82, 2.24) is 0 Å². The Morgan fingerprint density at radius 2 is 2.15 bits per heavy atom. The molecule has 0 unspecified atom stereocenters. The Morgan fingerprint density at radius 1 is 1.38 bits per heavy atom. The van der Waals surface area contributed by atoms with E-state index in [1.54, 1.807) is 0 Å². The number of hydrogen-bond donors (Lipinski definition) is 2. The molecule has 0 saturated heterocycles. The van der Waals surface area contributed by atoms with Crippen LogP contribution in [0.1, 0.15) is 5.56 Å². The number of aliphatic hydroxyl groups excluding tert-OH is 1. The highest BCUT2D eigenvalue weighted by Gasteiger charge is 2.06. The molecule has 0 aliphatic carbocycles. The van der Waals surface area contributed by atoms with E-state index in [2.05, 4.69) is 12.6 Å². The predicted octanol–water partition coefficient (Wildman–Crippen LogP) is 2.82. The largest absolute Gasteiger partial charge is 0.392 e. The van der Waals surface area contributed by atoms with Crippen LogP contribution >= 0.6 is 24.0 Å². The number of fused-ring (bicyclic) bond motifs is 1. The van der Waals surface area contributed by atoms with Gasteiger partial charge in [0.25, 0.3) is 0 Å². The van der Waals surface area contributed by atoms with Crippen LogP contribution in [-0.2, 0) is 6.61 Å². The van der Waals surface area contributed by atoms with Crippen molar-refractivity contribution in [2.45, 2.75) is 10.8 Å². The van der Waals surface area contributed by atoms with Crippen molar-refractivity contribution < 1.29 is 9.50 Å². The van der Waals surface area contributed by atoms with Crippen LogP contribution in [0, 0.1) is 5.82 Å². The SMILES string of the molecule is OCc1cc(F)cc2sc(S)cc12. The van der Waals surface area contributed by atoms with E-state index in [0.29, 0.717) is 5.56 Å². The topological polar surface area (TPSA) is 20.2 Å². The minimum absolute atomic E-state index is 0.141. The van der Waals surface area contributed by atoms with Crippen LogP contribution in [0.15, 0.2) is 22.4 Å². The fourth-order valence-corrected chi connectivity index (χ4v) is 2.59. The lowest BCUT2D eigenvalue weighted by molar-refractivity contribution is 0.283. The third-order valence-electron chi connectivity index (χ3n) is 1.85. The first kappa shape index (κ1) is 8.99. The van der Waals surface area contributed by atoms with Crippen molar-refractivity contribution in [3.8, 4) is 0 Å². The highest BCUT2D eigenvalue weighted by atomic mass is 32.2. The van der Waals surface area contributed by atoms with Gasteiger partial charge in [0.2, 0.25) is 0 Å². The molecule has 0 saturated carbocycles. The Hall–Kier alpha value is -0.580. The van der Waals surface area contributed by atoms with Gasteiger partial charge in [0.1, 0.15) is 5.82 Å². The van der Waals surface area contributed by atoms with Crippen molar-refractivity contribution in [3.05, 3.63) is 29.6 Å². The maximum atomic E-state index is 13.0. The van der Waals surface area contributed by atoms with Crippen molar-refractivity contribution in [1.29, 1.82) is 0 Å². The normalized spacial score (nSPS) is 11.0. The molecule has 0 aliphatic heterocycles. The summed E-state index contributed by atoms with van der Waals surface area (Å²) in [6, 6.07) is 4.65. The third-order valence-corrected chi connectivity index (χ3v) is 3.13. The molecule has 1 nitrogen and oxygen atoms in total. The van der Waals surface area contributed by atoms with Crippen molar-refractivity contribution in [3.63, 3.8) is 0 Å². The molecule has 0 radical (unpaired) electrons. The molecule has 1 aromatic carbocycles. The molecular formula is C9H7FOS2. The van der Waals surface area contributed by atoms with Gasteiger partial charge in [-0.1, -0.05) is 0 Å². The Labute approximate surface area is 84.2 Å². The van der Waals surface area contributed by atoms with Crippen molar-refractivity contribution in [2.75, 3.05) is 0 Å². The molecular weight excluding hydrogens is 207 g/mol. The number of aliphatic hydroxyl groups is 1. The standard InChI is InChI=1S/C9H7FOS2/c10-6-1-5(4-11)7-3-9(12)13-8(7)2-6/h1-3,11-12H,4H2. The summed E-state index contributed by atoms with van der Waals surface area (Å²) in [5.41, 5.74) is 0.617. The average Bonchev–Trinajstić information content (AvgIpc) is 2.43. The second-order valence-corrected chi connectivity index (χ2v) is 4.59. The molecule has 0 atom stereocenters. The van der Waals surface area contributed by atoms with E-state index >= 15 is 0 Å². The minimum Gasteiger partial charge on any atom is -0.392 e. The van der Waals surface area contributed by atoms with Gasteiger partial charge in [-0.3, -0.25) is 0 Å². The summed E-state index contributed by atoms with van der Waals surface area (Å²) in [5.74, 6) is -0.313. The average molecular weight is 214 g/mol. The summed E-state index contributed by atoms with van der Waals surface area (Å²) in [6.45, 7) is -0.141. The Kier molecular flexibility index (Phi) is 2.27. The van der Waals surface area contributed by atoms with Crippen LogP contribution in [0.4, 0.5) is 4.39 Å². The van der Waals surface area contributed by atoms with Crippen LogP contribution in [0.2, 0.25) is 0 Å². The van der Waals surface area contributed by atoms with Gasteiger partial charge in [-0.05, 0) is 29.1 Å². The van der Waals surface area contributed by atoms with Crippen LogP contribution in [0.3, 0.4) is 0 Å². The summed E-state index contributed by atoms with van der Waals surface area (Å²) in [4.78, 5) is 0. The molecule has 1 aromatic heterocycles. The van der Waals surface area contributed by atoms with E-state index in [1.807, 2.05) is 6.07 Å². The molecule has 4 heteroatoms. The summed E-state index contributed by atoms with van der Waals surface area (Å²) in [7, 11) is 0. The number of halogens is 1. The second-order valence-electron chi connectivity index (χ2n) is 2.72. The first-order chi connectivity index (χ1) is 6.20. The second kappa shape index (κ2) is 3.29. The molecule has 0 aliphatic rings. The lowest BCUT2D eigenvalue weighted by Crippen LogP contribution is -1.85. The summed E-state index contributed by atoms with van der Waals surface area (Å²) in [5, 5.41) is 9.87. The van der Waals surface area contributed by atoms with Gasteiger partial charge in [0.05, 0.1) is 10.8 Å². The maximum absolute atomic E-state index is 13.0. The third kappa shape index (κ3) is 1.57. The van der Waals surface area contributed by atoms with Crippen LogP contribution in [0.5, 0.6) is 0 Å². The number of rotatable bonds is 1. The Bertz CT molecular complexity index is 450. The fourth-order valence-electron chi connectivity index (χ4n) is 1.29. The van der Waals surface area contributed by atoms with Gasteiger partial charge in [-0.25, -0.2) is 4.39 Å². The minimum atomic E-state index is -0.313. The number of benzene rings is 1. The highest BCUT2D eigenvalue weighted by molar-refractivity contribution is 7.83. The number of thiophene rings is 1. The lowest BCUT2D eigenvalue weighted by Gasteiger charge is -1.98. The monoisotopic (exact) mass is 214 g/mol. The summed E-state index contributed by atoms with van der Waals surface area (Å²) < 4.78 is 14.6. The van der Waals surface area contributed by atoms with Gasteiger partial charge in [0, 0.05) is 4.70 Å². The first-order valence-electron chi connectivity index (χ1n) is 3.72. The van der Waals surface area contributed by atoms with Gasteiger partial charge in [-0.2, -0.15) is 0 Å². The van der Waals surface area contributed by atoms with Crippen LogP contribution in [0.25, 0.3) is 10.1 Å². The quantitative estimate of drug-likeness (QED) is 0.699. The van der Waals surface area contributed by atoms with Crippen molar-refractivity contribution >= 4 is 34.1 Å². The summed E-state index contributed by atoms with van der Waals surface area (Å²) >= 11 is 5.59. The maximum Gasteiger partial charge on any atom is 0.125 e. The van der Waals surface area contributed by atoms with Crippen LogP contribution < -0.4 is 0 Å². The zero-order valence-corrected chi connectivity index (χ0v) is 8.33. The van der Waals surface area contributed by atoms with E-state index in [0.717, 1.165) is 14.3 Å². The molecule has 1 N–H and O–H groups in total. The van der Waals surface area contributed by atoms with E-state index in [-0.39, 0.29) is 12.4 Å². The van der Waals surface area contributed by atoms with Gasteiger partial charge in [0.15, 0.2) is 0 Å². The highest BCUT2D eigenvalue weighted by Crippen LogP contribution is 2.31. The Morgan fingerprint density at radius 3 is 2.85 bits per heavy atom. The molecule has 0 bridgehead atoms. The molecule has 0 spiro atoms. The van der Waals surface area contributed by atoms with Gasteiger partial charge >= 0.3 is 0 Å². The van der Waals surface area contributed by atoms with E-state index in [1.165, 1.54) is 23.5 Å². The molecule has 1 heterocycles. The zero-order chi connectivity index (χ0) is 9.42.